The van der Waals surface area contributed by atoms with Crippen LogP contribution in [0.2, 0.25) is 0 Å². The molecular formula is C7H12ClNO2. The lowest BCUT2D eigenvalue weighted by atomic mass is 10.2. The lowest BCUT2D eigenvalue weighted by Gasteiger charge is -2.08. The molecule has 1 aliphatic carbocycles. The maximum Gasteiger partial charge on any atom is 0.326 e. The first-order chi connectivity index (χ1) is 4.79. The summed E-state index contributed by atoms with van der Waals surface area (Å²) in [5, 5.41) is 3.18. The standard InChI is InChI=1S/C7H11NO2.ClH/c1-10-6(9)7-4-5(7)2-3-8-7;/h5,8H,2-4H2,1H3;1H. The molecule has 0 amide bonds. The van der Waals surface area contributed by atoms with Gasteiger partial charge in [-0.3, -0.25) is 4.79 Å². The summed E-state index contributed by atoms with van der Waals surface area (Å²) in [6.07, 6.45) is 2.12. The number of hydrogen-bond acceptors (Lipinski definition) is 3. The molecule has 1 aliphatic heterocycles. The van der Waals surface area contributed by atoms with Crippen LogP contribution in [0.1, 0.15) is 12.8 Å². The number of esters is 1. The van der Waals surface area contributed by atoms with Crippen LogP contribution in [0.4, 0.5) is 0 Å². The Balaban J connectivity index is 0.000000605. The summed E-state index contributed by atoms with van der Waals surface area (Å²) in [4.78, 5) is 11.1. The molecule has 2 rings (SSSR count). The fraction of sp³-hybridized carbons (Fsp3) is 0.857. The molecule has 0 aromatic carbocycles. The molecule has 4 heteroatoms. The number of rotatable bonds is 1. The molecule has 1 saturated heterocycles. The third-order valence-electron chi connectivity index (χ3n) is 2.59. The van der Waals surface area contributed by atoms with E-state index in [1.165, 1.54) is 7.11 Å². The Morgan fingerprint density at radius 2 is 2.45 bits per heavy atom. The van der Waals surface area contributed by atoms with Crippen molar-refractivity contribution in [2.75, 3.05) is 13.7 Å². The Bertz CT molecular complexity index is 185. The smallest absolute Gasteiger partial charge is 0.326 e. The highest BCUT2D eigenvalue weighted by atomic mass is 35.5. The molecule has 2 fully saturated rings. The maximum absolute atomic E-state index is 11.1. The average Bonchev–Trinajstić information content (AvgIpc) is 2.54. The molecule has 0 spiro atoms. The Kier molecular flexibility index (Phi) is 2.12. The SMILES string of the molecule is COC(=O)C12CC1CCN2.Cl. The molecule has 11 heavy (non-hydrogen) atoms. The van der Waals surface area contributed by atoms with Gasteiger partial charge in [-0.25, -0.2) is 0 Å². The van der Waals surface area contributed by atoms with E-state index in [4.69, 9.17) is 0 Å². The highest BCUT2D eigenvalue weighted by molar-refractivity contribution is 5.85. The van der Waals surface area contributed by atoms with E-state index >= 15 is 0 Å². The Morgan fingerprint density at radius 1 is 1.73 bits per heavy atom. The number of carbonyl (C=O) groups excluding carboxylic acids is 1. The van der Waals surface area contributed by atoms with Crippen molar-refractivity contribution in [1.29, 1.82) is 0 Å². The van der Waals surface area contributed by atoms with Gasteiger partial charge in [-0.15, -0.1) is 12.4 Å². The number of hydrogen-bond donors (Lipinski definition) is 1. The van der Waals surface area contributed by atoms with Gasteiger partial charge in [-0.2, -0.15) is 0 Å². The van der Waals surface area contributed by atoms with Gasteiger partial charge in [0, 0.05) is 0 Å². The van der Waals surface area contributed by atoms with E-state index in [1.807, 2.05) is 0 Å². The first kappa shape index (κ1) is 8.81. The predicted octanol–water partition coefficient (Wildman–Crippen LogP) is 0.333. The third-order valence-corrected chi connectivity index (χ3v) is 2.59. The van der Waals surface area contributed by atoms with Crippen molar-refractivity contribution in [2.24, 2.45) is 5.92 Å². The number of carbonyl (C=O) groups is 1. The molecule has 1 N–H and O–H groups in total. The maximum atomic E-state index is 11.1. The van der Waals surface area contributed by atoms with E-state index in [1.54, 1.807) is 0 Å². The van der Waals surface area contributed by atoms with Crippen LogP contribution < -0.4 is 5.32 Å². The van der Waals surface area contributed by atoms with Gasteiger partial charge in [-0.05, 0) is 25.3 Å². The Labute approximate surface area is 71.9 Å². The number of nitrogens with one attached hydrogen (secondary N) is 1. The minimum absolute atomic E-state index is 0. The Hall–Kier alpha value is -0.280. The van der Waals surface area contributed by atoms with Gasteiger partial charge in [0.05, 0.1) is 7.11 Å². The fourth-order valence-electron chi connectivity index (χ4n) is 1.87. The molecule has 0 radical (unpaired) electrons. The van der Waals surface area contributed by atoms with Crippen LogP contribution in [0.5, 0.6) is 0 Å². The summed E-state index contributed by atoms with van der Waals surface area (Å²) in [6.45, 7) is 0.972. The van der Waals surface area contributed by atoms with Crippen molar-refractivity contribution in [3.63, 3.8) is 0 Å². The monoisotopic (exact) mass is 177 g/mol. The zero-order chi connectivity index (χ0) is 7.19. The normalized spacial score (nSPS) is 38.8. The average molecular weight is 178 g/mol. The van der Waals surface area contributed by atoms with E-state index in [2.05, 4.69) is 10.1 Å². The molecule has 0 aromatic heterocycles. The van der Waals surface area contributed by atoms with Gasteiger partial charge in [0.2, 0.25) is 0 Å². The van der Waals surface area contributed by atoms with E-state index in [9.17, 15) is 4.79 Å². The summed E-state index contributed by atoms with van der Waals surface area (Å²) in [7, 11) is 1.45. The van der Waals surface area contributed by atoms with Gasteiger partial charge in [0.25, 0.3) is 0 Å². The second kappa shape index (κ2) is 2.64. The fourth-order valence-corrected chi connectivity index (χ4v) is 1.87. The molecule has 1 saturated carbocycles. The number of piperidine rings is 1. The van der Waals surface area contributed by atoms with Crippen LogP contribution in [0.3, 0.4) is 0 Å². The van der Waals surface area contributed by atoms with Crippen molar-refractivity contribution in [3.8, 4) is 0 Å². The van der Waals surface area contributed by atoms with Gasteiger partial charge in [0.1, 0.15) is 5.54 Å². The largest absolute Gasteiger partial charge is 0.468 e. The minimum Gasteiger partial charge on any atom is -0.468 e. The van der Waals surface area contributed by atoms with Gasteiger partial charge in [-0.1, -0.05) is 0 Å². The van der Waals surface area contributed by atoms with Crippen LogP contribution in [0, 0.1) is 5.92 Å². The Morgan fingerprint density at radius 3 is 2.82 bits per heavy atom. The minimum atomic E-state index is -0.241. The first-order valence-corrected chi connectivity index (χ1v) is 3.63. The van der Waals surface area contributed by atoms with Crippen molar-refractivity contribution in [3.05, 3.63) is 0 Å². The number of fused-ring (bicyclic) bond motifs is 1. The van der Waals surface area contributed by atoms with Crippen LogP contribution in [0.15, 0.2) is 0 Å². The third kappa shape index (κ3) is 1.03. The summed E-state index contributed by atoms with van der Waals surface area (Å²) < 4.78 is 4.68. The van der Waals surface area contributed by atoms with Gasteiger partial charge >= 0.3 is 5.97 Å². The van der Waals surface area contributed by atoms with Crippen molar-refractivity contribution >= 4 is 18.4 Å². The number of methoxy groups -OCH3 is 1. The molecule has 1 heterocycles. The molecule has 3 nitrogen and oxygen atoms in total. The summed E-state index contributed by atoms with van der Waals surface area (Å²) in [5.41, 5.74) is -0.241. The molecule has 2 aliphatic rings. The zero-order valence-corrected chi connectivity index (χ0v) is 7.24. The topological polar surface area (TPSA) is 38.3 Å². The van der Waals surface area contributed by atoms with E-state index < -0.39 is 0 Å². The summed E-state index contributed by atoms with van der Waals surface area (Å²) >= 11 is 0. The highest BCUT2D eigenvalue weighted by Crippen LogP contribution is 2.50. The van der Waals surface area contributed by atoms with E-state index in [0.29, 0.717) is 5.92 Å². The molecule has 0 aromatic rings. The van der Waals surface area contributed by atoms with Gasteiger partial charge in [0.15, 0.2) is 0 Å². The number of ether oxygens (including phenoxy) is 1. The zero-order valence-electron chi connectivity index (χ0n) is 6.42. The number of halogens is 1. The second-order valence-corrected chi connectivity index (χ2v) is 3.08. The van der Waals surface area contributed by atoms with Gasteiger partial charge < -0.3 is 10.1 Å². The lowest BCUT2D eigenvalue weighted by Crippen LogP contribution is -2.37. The quantitative estimate of drug-likeness (QED) is 0.587. The van der Waals surface area contributed by atoms with Crippen LogP contribution in [0.25, 0.3) is 0 Å². The van der Waals surface area contributed by atoms with Crippen LogP contribution >= 0.6 is 12.4 Å². The molecular weight excluding hydrogens is 166 g/mol. The predicted molar refractivity (Wildman–Crippen MR) is 42.7 cm³/mol. The second-order valence-electron chi connectivity index (χ2n) is 3.08. The molecule has 0 bridgehead atoms. The van der Waals surface area contributed by atoms with Crippen molar-refractivity contribution in [2.45, 2.75) is 18.4 Å². The summed E-state index contributed by atoms with van der Waals surface area (Å²) in [5.74, 6) is 0.495. The lowest BCUT2D eigenvalue weighted by molar-refractivity contribution is -0.144. The molecule has 2 atom stereocenters. The van der Waals surface area contributed by atoms with Crippen molar-refractivity contribution < 1.29 is 9.53 Å². The van der Waals surface area contributed by atoms with Crippen LogP contribution in [-0.4, -0.2) is 25.2 Å². The van der Waals surface area contributed by atoms with E-state index in [0.717, 1.165) is 19.4 Å². The highest BCUT2D eigenvalue weighted by Gasteiger charge is 2.63. The van der Waals surface area contributed by atoms with E-state index in [-0.39, 0.29) is 23.9 Å². The summed E-state index contributed by atoms with van der Waals surface area (Å²) in [6, 6.07) is 0. The molecule has 2 unspecified atom stereocenters. The first-order valence-electron chi connectivity index (χ1n) is 3.63. The molecule has 64 valence electrons. The van der Waals surface area contributed by atoms with Crippen LogP contribution in [-0.2, 0) is 9.53 Å². The van der Waals surface area contributed by atoms with Crippen molar-refractivity contribution in [1.82, 2.24) is 5.32 Å².